The van der Waals surface area contributed by atoms with Gasteiger partial charge < -0.3 is 0 Å². The SMILES string of the molecule is Cc1ccc2c(c1)C(=O)CC1C2CCC2(C)C(C)CCC12. The third-order valence-corrected chi connectivity index (χ3v) is 7.24. The monoisotopic (exact) mass is 282 g/mol. The van der Waals surface area contributed by atoms with Gasteiger partial charge in [-0.15, -0.1) is 0 Å². The number of fused-ring (bicyclic) bond motifs is 5. The van der Waals surface area contributed by atoms with E-state index in [1.54, 1.807) is 0 Å². The summed E-state index contributed by atoms with van der Waals surface area (Å²) in [5.41, 5.74) is 4.11. The van der Waals surface area contributed by atoms with Crippen LogP contribution >= 0.6 is 0 Å². The Morgan fingerprint density at radius 2 is 2.00 bits per heavy atom. The maximum absolute atomic E-state index is 12.7. The molecule has 1 heteroatoms. The quantitative estimate of drug-likeness (QED) is 0.645. The van der Waals surface area contributed by atoms with Crippen molar-refractivity contribution in [3.05, 3.63) is 34.9 Å². The Balaban J connectivity index is 1.77. The molecule has 0 aliphatic heterocycles. The van der Waals surface area contributed by atoms with Crippen LogP contribution < -0.4 is 0 Å². The molecule has 21 heavy (non-hydrogen) atoms. The van der Waals surface area contributed by atoms with Gasteiger partial charge in [0.2, 0.25) is 0 Å². The summed E-state index contributed by atoms with van der Waals surface area (Å²) in [5, 5.41) is 0. The number of aryl methyl sites for hydroxylation is 1. The first-order valence-electron chi connectivity index (χ1n) is 8.64. The number of rotatable bonds is 0. The van der Waals surface area contributed by atoms with Crippen LogP contribution in [0.5, 0.6) is 0 Å². The van der Waals surface area contributed by atoms with Crippen molar-refractivity contribution < 1.29 is 4.79 Å². The van der Waals surface area contributed by atoms with E-state index in [4.69, 9.17) is 0 Å². The molecule has 0 spiro atoms. The van der Waals surface area contributed by atoms with Crippen LogP contribution in [0.3, 0.4) is 0 Å². The van der Waals surface area contributed by atoms with E-state index in [1.165, 1.54) is 36.8 Å². The predicted octanol–water partition coefficient (Wildman–Crippen LogP) is 5.13. The Kier molecular flexibility index (Phi) is 2.87. The minimum Gasteiger partial charge on any atom is -0.294 e. The van der Waals surface area contributed by atoms with Crippen molar-refractivity contribution in [2.24, 2.45) is 23.2 Å². The summed E-state index contributed by atoms with van der Waals surface area (Å²) in [5.74, 6) is 3.25. The van der Waals surface area contributed by atoms with E-state index in [0.717, 1.165) is 23.8 Å². The molecule has 0 N–H and O–H groups in total. The van der Waals surface area contributed by atoms with Crippen LogP contribution in [0, 0.1) is 30.1 Å². The Hall–Kier alpha value is -1.11. The van der Waals surface area contributed by atoms with Crippen LogP contribution in [-0.2, 0) is 0 Å². The number of hydrogen-bond acceptors (Lipinski definition) is 1. The summed E-state index contributed by atoms with van der Waals surface area (Å²) in [6, 6.07) is 6.57. The zero-order chi connectivity index (χ0) is 14.8. The third kappa shape index (κ3) is 1.79. The lowest BCUT2D eigenvalue weighted by atomic mass is 9.54. The predicted molar refractivity (Wildman–Crippen MR) is 85.6 cm³/mol. The van der Waals surface area contributed by atoms with Crippen molar-refractivity contribution in [3.63, 3.8) is 0 Å². The fourth-order valence-corrected chi connectivity index (χ4v) is 5.78. The molecule has 5 atom stereocenters. The van der Waals surface area contributed by atoms with Crippen LogP contribution in [0.2, 0.25) is 0 Å². The van der Waals surface area contributed by atoms with Crippen molar-refractivity contribution in [1.82, 2.24) is 0 Å². The lowest BCUT2D eigenvalue weighted by molar-refractivity contribution is 0.0325. The van der Waals surface area contributed by atoms with Gasteiger partial charge in [0, 0.05) is 12.0 Å². The normalized spacial score (nSPS) is 41.4. The molecule has 1 nitrogen and oxygen atoms in total. The topological polar surface area (TPSA) is 17.1 Å². The minimum absolute atomic E-state index is 0.402. The molecule has 2 saturated carbocycles. The summed E-state index contributed by atoms with van der Waals surface area (Å²) in [4.78, 5) is 12.7. The van der Waals surface area contributed by atoms with Gasteiger partial charge in [0.05, 0.1) is 0 Å². The average molecular weight is 282 g/mol. The molecular formula is C20H26O. The molecule has 1 aromatic carbocycles. The molecular weight excluding hydrogens is 256 g/mol. The highest BCUT2D eigenvalue weighted by Gasteiger charge is 2.54. The Morgan fingerprint density at radius 1 is 1.19 bits per heavy atom. The largest absolute Gasteiger partial charge is 0.294 e. The van der Waals surface area contributed by atoms with Crippen molar-refractivity contribution >= 4 is 5.78 Å². The summed E-state index contributed by atoms with van der Waals surface area (Å²) in [7, 11) is 0. The van der Waals surface area contributed by atoms with E-state index in [1.807, 2.05) is 0 Å². The van der Waals surface area contributed by atoms with Crippen molar-refractivity contribution in [3.8, 4) is 0 Å². The third-order valence-electron chi connectivity index (χ3n) is 7.24. The van der Waals surface area contributed by atoms with E-state index in [0.29, 0.717) is 23.0 Å². The van der Waals surface area contributed by atoms with Gasteiger partial charge in [-0.3, -0.25) is 4.79 Å². The smallest absolute Gasteiger partial charge is 0.163 e. The van der Waals surface area contributed by atoms with E-state index in [2.05, 4.69) is 39.0 Å². The first-order chi connectivity index (χ1) is 10.0. The second-order valence-corrected chi connectivity index (χ2v) is 8.12. The Bertz CT molecular complexity index is 602. The second kappa shape index (κ2) is 4.44. The lowest BCUT2D eigenvalue weighted by Crippen LogP contribution is -2.43. The first kappa shape index (κ1) is 13.5. The van der Waals surface area contributed by atoms with Gasteiger partial charge in [0.25, 0.3) is 0 Å². The molecule has 3 aliphatic rings. The minimum atomic E-state index is 0.402. The summed E-state index contributed by atoms with van der Waals surface area (Å²) in [6.07, 6.45) is 6.13. The fraction of sp³-hybridized carbons (Fsp3) is 0.650. The Morgan fingerprint density at radius 3 is 2.81 bits per heavy atom. The van der Waals surface area contributed by atoms with Gasteiger partial charge in [0.15, 0.2) is 5.78 Å². The van der Waals surface area contributed by atoms with Crippen molar-refractivity contribution in [2.75, 3.05) is 0 Å². The van der Waals surface area contributed by atoms with Crippen LogP contribution in [0.4, 0.5) is 0 Å². The molecule has 5 unspecified atom stereocenters. The molecule has 0 aromatic heterocycles. The highest BCUT2D eigenvalue weighted by Crippen LogP contribution is 2.62. The first-order valence-corrected chi connectivity index (χ1v) is 8.64. The molecule has 4 rings (SSSR count). The molecule has 112 valence electrons. The molecule has 3 aliphatic carbocycles. The average Bonchev–Trinajstić information content (AvgIpc) is 2.76. The second-order valence-electron chi connectivity index (χ2n) is 8.12. The molecule has 0 saturated heterocycles. The maximum Gasteiger partial charge on any atom is 0.163 e. The summed E-state index contributed by atoms with van der Waals surface area (Å²) >= 11 is 0. The molecule has 1 aromatic rings. The van der Waals surface area contributed by atoms with Gasteiger partial charge in [-0.05, 0) is 73.3 Å². The number of carbonyl (C=O) groups excluding carboxylic acids is 1. The van der Waals surface area contributed by atoms with Gasteiger partial charge in [-0.2, -0.15) is 0 Å². The number of carbonyl (C=O) groups is 1. The lowest BCUT2D eigenvalue weighted by Gasteiger charge is -2.50. The highest BCUT2D eigenvalue weighted by atomic mass is 16.1. The highest BCUT2D eigenvalue weighted by molar-refractivity contribution is 5.99. The van der Waals surface area contributed by atoms with E-state index in [9.17, 15) is 4.79 Å². The Labute approximate surface area is 128 Å². The van der Waals surface area contributed by atoms with Crippen LogP contribution in [0.15, 0.2) is 18.2 Å². The molecule has 0 amide bonds. The van der Waals surface area contributed by atoms with Gasteiger partial charge in [-0.1, -0.05) is 31.5 Å². The zero-order valence-corrected chi connectivity index (χ0v) is 13.5. The molecule has 2 fully saturated rings. The summed E-state index contributed by atoms with van der Waals surface area (Å²) < 4.78 is 0. The van der Waals surface area contributed by atoms with Crippen LogP contribution in [0.1, 0.15) is 73.4 Å². The number of hydrogen-bond donors (Lipinski definition) is 0. The van der Waals surface area contributed by atoms with E-state index in [-0.39, 0.29) is 0 Å². The van der Waals surface area contributed by atoms with Crippen molar-refractivity contribution in [1.29, 1.82) is 0 Å². The summed E-state index contributed by atoms with van der Waals surface area (Å²) in [6.45, 7) is 7.03. The number of ketones is 1. The molecule has 0 bridgehead atoms. The van der Waals surface area contributed by atoms with Crippen molar-refractivity contribution in [2.45, 2.75) is 58.8 Å². The van der Waals surface area contributed by atoms with Gasteiger partial charge in [-0.25, -0.2) is 0 Å². The van der Waals surface area contributed by atoms with E-state index < -0.39 is 0 Å². The van der Waals surface area contributed by atoms with E-state index >= 15 is 0 Å². The standard InChI is InChI=1S/C20H26O/c1-12-4-6-14-15-8-9-20(3)13(2)5-7-18(20)16(15)11-19(21)17(14)10-12/h4,6,10,13,15-16,18H,5,7-9,11H2,1-3H3. The van der Waals surface area contributed by atoms with Gasteiger partial charge in [0.1, 0.15) is 0 Å². The zero-order valence-electron chi connectivity index (χ0n) is 13.5. The van der Waals surface area contributed by atoms with Crippen LogP contribution in [0.25, 0.3) is 0 Å². The number of Topliss-reactive ketones (excluding diaryl/α,β-unsaturated/α-hetero) is 1. The molecule has 0 radical (unpaired) electrons. The van der Waals surface area contributed by atoms with Crippen LogP contribution in [-0.4, -0.2) is 5.78 Å². The number of benzene rings is 1. The maximum atomic E-state index is 12.7. The van der Waals surface area contributed by atoms with Gasteiger partial charge >= 0.3 is 0 Å². The fourth-order valence-electron chi connectivity index (χ4n) is 5.78. The molecule has 0 heterocycles.